The van der Waals surface area contributed by atoms with Crippen LogP contribution in [0, 0.1) is 11.8 Å². The van der Waals surface area contributed by atoms with Gasteiger partial charge in [-0.3, -0.25) is 9.59 Å². The Bertz CT molecular complexity index is 663. The van der Waals surface area contributed by atoms with Crippen molar-refractivity contribution in [2.75, 3.05) is 6.54 Å². The van der Waals surface area contributed by atoms with E-state index in [1.54, 1.807) is 18.3 Å². The molecule has 1 aliphatic heterocycles. The first-order valence-electron chi connectivity index (χ1n) is 9.84. The van der Waals surface area contributed by atoms with Crippen LogP contribution in [0.3, 0.4) is 0 Å². The maximum atomic E-state index is 12.9. The van der Waals surface area contributed by atoms with Gasteiger partial charge in [0.15, 0.2) is 0 Å². The minimum atomic E-state index is -1.02. The van der Waals surface area contributed by atoms with Crippen molar-refractivity contribution in [2.24, 2.45) is 11.8 Å². The lowest BCUT2D eigenvalue weighted by Gasteiger charge is -2.49. The van der Waals surface area contributed by atoms with E-state index in [9.17, 15) is 14.7 Å². The third kappa shape index (κ3) is 3.41. The lowest BCUT2D eigenvalue weighted by atomic mass is 9.81. The smallest absolute Gasteiger partial charge is 0.226 e. The summed E-state index contributed by atoms with van der Waals surface area (Å²) in [6, 6.07) is 3.24. The van der Waals surface area contributed by atoms with Gasteiger partial charge >= 0.3 is 0 Å². The molecule has 2 amide bonds. The molecule has 0 unspecified atom stereocenters. The molecule has 2 heterocycles. The molecule has 3 atom stereocenters. The Balaban J connectivity index is 1.63. The van der Waals surface area contributed by atoms with Gasteiger partial charge in [-0.2, -0.15) is 0 Å². The van der Waals surface area contributed by atoms with Gasteiger partial charge in [-0.15, -0.1) is 11.3 Å². The second-order valence-electron chi connectivity index (χ2n) is 8.34. The largest absolute Gasteiger partial charge is 0.388 e. The lowest BCUT2D eigenvalue weighted by molar-refractivity contribution is -0.147. The number of rotatable bonds is 4. The van der Waals surface area contributed by atoms with Crippen LogP contribution in [0.2, 0.25) is 0 Å². The van der Waals surface area contributed by atoms with E-state index in [4.69, 9.17) is 0 Å². The number of carbonyl (C=O) groups is 2. The van der Waals surface area contributed by atoms with Gasteiger partial charge < -0.3 is 15.3 Å². The van der Waals surface area contributed by atoms with E-state index in [1.807, 2.05) is 22.4 Å². The predicted molar refractivity (Wildman–Crippen MR) is 101 cm³/mol. The fraction of sp³-hybridized carbons (Fsp3) is 0.700. The minimum Gasteiger partial charge on any atom is -0.388 e. The number of likely N-dealkylation sites (tertiary alicyclic amines) is 1. The number of aliphatic hydroxyl groups is 1. The van der Waals surface area contributed by atoms with E-state index in [0.29, 0.717) is 13.0 Å². The van der Waals surface area contributed by atoms with Crippen molar-refractivity contribution in [3.63, 3.8) is 0 Å². The summed E-state index contributed by atoms with van der Waals surface area (Å²) in [4.78, 5) is 28.7. The quantitative estimate of drug-likeness (QED) is 0.849. The molecule has 2 saturated carbocycles. The zero-order valence-electron chi connectivity index (χ0n) is 15.3. The van der Waals surface area contributed by atoms with Crippen LogP contribution in [0.15, 0.2) is 17.5 Å². The number of nitrogens with zero attached hydrogens (tertiary/aromatic N) is 1. The number of amides is 2. The fourth-order valence-corrected chi connectivity index (χ4v) is 5.32. The van der Waals surface area contributed by atoms with Crippen LogP contribution in [0.1, 0.15) is 62.8 Å². The van der Waals surface area contributed by atoms with E-state index in [-0.39, 0.29) is 29.7 Å². The van der Waals surface area contributed by atoms with Gasteiger partial charge in [-0.05, 0) is 50.5 Å². The number of hydrogen-bond donors (Lipinski definition) is 2. The molecule has 5 nitrogen and oxygen atoms in total. The van der Waals surface area contributed by atoms with Gasteiger partial charge in [0.2, 0.25) is 11.8 Å². The number of nitrogens with one attached hydrogen (secondary N) is 1. The number of carbonyl (C=O) groups excluding carboxylic acids is 2. The molecule has 0 aromatic carbocycles. The molecule has 0 radical (unpaired) electrons. The van der Waals surface area contributed by atoms with Gasteiger partial charge in [-0.1, -0.05) is 18.9 Å². The molecule has 3 fully saturated rings. The summed E-state index contributed by atoms with van der Waals surface area (Å²) < 4.78 is 0. The van der Waals surface area contributed by atoms with E-state index >= 15 is 0 Å². The summed E-state index contributed by atoms with van der Waals surface area (Å²) >= 11 is 1.59. The number of piperidine rings is 1. The lowest BCUT2D eigenvalue weighted by Crippen LogP contribution is -2.63. The summed E-state index contributed by atoms with van der Waals surface area (Å²) in [7, 11) is 0. The standard InChI is InChI=1S/C20H28N2O3S/c1-20(25)10-11-22(19(24)14-8-9-14)16(15-7-4-12-26-15)17(20)21-18(23)13-5-2-3-6-13/h4,7,12-14,16-17,25H,2-3,5-6,8-11H2,1H3,(H,21,23)/t16-,17-,20+/m0/s1. The van der Waals surface area contributed by atoms with Gasteiger partial charge in [0.05, 0.1) is 17.7 Å². The Morgan fingerprint density at radius 1 is 1.23 bits per heavy atom. The normalized spacial score (nSPS) is 32.6. The van der Waals surface area contributed by atoms with Crippen molar-refractivity contribution in [1.29, 1.82) is 0 Å². The first-order chi connectivity index (χ1) is 12.5. The van der Waals surface area contributed by atoms with Crippen LogP contribution in [0.5, 0.6) is 0 Å². The van der Waals surface area contributed by atoms with Crippen LogP contribution in [0.25, 0.3) is 0 Å². The number of thiophene rings is 1. The highest BCUT2D eigenvalue weighted by molar-refractivity contribution is 7.10. The highest BCUT2D eigenvalue weighted by Gasteiger charge is 2.50. The summed E-state index contributed by atoms with van der Waals surface area (Å²) in [6.45, 7) is 2.34. The molecule has 0 spiro atoms. The summed E-state index contributed by atoms with van der Waals surface area (Å²) in [5.74, 6) is 0.394. The zero-order chi connectivity index (χ0) is 18.3. The zero-order valence-corrected chi connectivity index (χ0v) is 16.1. The SMILES string of the molecule is C[C@@]1(O)CCN(C(=O)C2CC2)[C@@H](c2cccs2)[C@@H]1NC(=O)C1CCCC1. The molecule has 26 heavy (non-hydrogen) atoms. The Morgan fingerprint density at radius 3 is 2.58 bits per heavy atom. The van der Waals surface area contributed by atoms with E-state index in [2.05, 4.69) is 5.32 Å². The maximum absolute atomic E-state index is 12.9. The molecular formula is C20H28N2O3S. The molecule has 1 aromatic rings. The van der Waals surface area contributed by atoms with Crippen molar-refractivity contribution in [2.45, 2.75) is 69.6 Å². The average molecular weight is 377 g/mol. The molecule has 6 heteroatoms. The average Bonchev–Trinajstić information content (AvgIpc) is 3.09. The van der Waals surface area contributed by atoms with Crippen molar-refractivity contribution in [3.8, 4) is 0 Å². The summed E-state index contributed by atoms with van der Waals surface area (Å²) in [5.41, 5.74) is -1.02. The Hall–Kier alpha value is -1.40. The van der Waals surface area contributed by atoms with Gasteiger partial charge in [0.1, 0.15) is 0 Å². The van der Waals surface area contributed by atoms with E-state index in [0.717, 1.165) is 43.4 Å². The van der Waals surface area contributed by atoms with Crippen molar-refractivity contribution in [1.82, 2.24) is 10.2 Å². The van der Waals surface area contributed by atoms with Gasteiger partial charge in [-0.25, -0.2) is 0 Å². The Morgan fingerprint density at radius 2 is 1.96 bits per heavy atom. The highest BCUT2D eigenvalue weighted by atomic mass is 32.1. The Kier molecular flexibility index (Phi) is 4.82. The minimum absolute atomic E-state index is 0.0371. The third-order valence-electron chi connectivity index (χ3n) is 6.25. The predicted octanol–water partition coefficient (Wildman–Crippen LogP) is 2.86. The molecule has 2 N–H and O–H groups in total. The second kappa shape index (κ2) is 6.97. The number of hydrogen-bond acceptors (Lipinski definition) is 4. The molecule has 1 saturated heterocycles. The van der Waals surface area contributed by atoms with Crippen molar-refractivity contribution < 1.29 is 14.7 Å². The summed E-state index contributed by atoms with van der Waals surface area (Å²) in [6.07, 6.45) is 6.46. The van der Waals surface area contributed by atoms with Crippen LogP contribution < -0.4 is 5.32 Å². The molecule has 1 aromatic heterocycles. The highest BCUT2D eigenvalue weighted by Crippen LogP contribution is 2.42. The van der Waals surface area contributed by atoms with Crippen LogP contribution in [-0.2, 0) is 9.59 Å². The van der Waals surface area contributed by atoms with Crippen molar-refractivity contribution in [3.05, 3.63) is 22.4 Å². The molecular weight excluding hydrogens is 348 g/mol. The first kappa shape index (κ1) is 18.0. The van der Waals surface area contributed by atoms with Gasteiger partial charge in [0.25, 0.3) is 0 Å². The molecule has 3 aliphatic rings. The summed E-state index contributed by atoms with van der Waals surface area (Å²) in [5, 5.41) is 16.3. The van der Waals surface area contributed by atoms with Crippen LogP contribution >= 0.6 is 11.3 Å². The maximum Gasteiger partial charge on any atom is 0.226 e. The van der Waals surface area contributed by atoms with Crippen molar-refractivity contribution >= 4 is 23.2 Å². The van der Waals surface area contributed by atoms with E-state index < -0.39 is 11.6 Å². The fourth-order valence-electron chi connectivity index (χ4n) is 4.44. The molecule has 142 valence electrons. The van der Waals surface area contributed by atoms with Crippen LogP contribution in [0.4, 0.5) is 0 Å². The molecule has 2 aliphatic carbocycles. The topological polar surface area (TPSA) is 69.6 Å². The second-order valence-corrected chi connectivity index (χ2v) is 9.32. The van der Waals surface area contributed by atoms with E-state index in [1.165, 1.54) is 0 Å². The third-order valence-corrected chi connectivity index (χ3v) is 7.19. The molecule has 4 rings (SSSR count). The Labute approximate surface area is 158 Å². The molecule has 0 bridgehead atoms. The van der Waals surface area contributed by atoms with Crippen LogP contribution in [-0.4, -0.2) is 40.0 Å². The monoisotopic (exact) mass is 376 g/mol. The first-order valence-corrected chi connectivity index (χ1v) is 10.7. The van der Waals surface area contributed by atoms with Gasteiger partial charge in [0, 0.05) is 23.3 Å².